The Hall–Kier alpha value is -1.33. The normalized spacial score (nSPS) is 10.8. The van der Waals surface area contributed by atoms with Crippen molar-refractivity contribution in [3.05, 3.63) is 40.6 Å². The van der Waals surface area contributed by atoms with Gasteiger partial charge in [-0.25, -0.2) is 4.98 Å². The van der Waals surface area contributed by atoms with Crippen LogP contribution < -0.4 is 5.32 Å². The average molecular weight is 338 g/mol. The summed E-state index contributed by atoms with van der Waals surface area (Å²) in [6.07, 6.45) is 3.01. The molecule has 1 aromatic heterocycles. The second kappa shape index (κ2) is 7.45. The molecule has 0 aliphatic rings. The fourth-order valence-electron chi connectivity index (χ4n) is 1.94. The standard InChI is InChI=1S/C15H20BrN3O/c1-3-20-10-4-9-17-15-18-12(2)11-19(15)14-7-5-13(16)6-8-14/h5-8,11H,3-4,9-10H2,1-2H3,(H,17,18). The highest BCUT2D eigenvalue weighted by molar-refractivity contribution is 9.10. The minimum Gasteiger partial charge on any atom is -0.382 e. The predicted molar refractivity (Wildman–Crippen MR) is 85.6 cm³/mol. The summed E-state index contributed by atoms with van der Waals surface area (Å²) in [4.78, 5) is 4.53. The zero-order chi connectivity index (χ0) is 14.4. The topological polar surface area (TPSA) is 39.1 Å². The lowest BCUT2D eigenvalue weighted by Crippen LogP contribution is -2.09. The maximum Gasteiger partial charge on any atom is 0.207 e. The summed E-state index contributed by atoms with van der Waals surface area (Å²) in [5.41, 5.74) is 2.10. The van der Waals surface area contributed by atoms with Gasteiger partial charge in [-0.2, -0.15) is 0 Å². The third-order valence-corrected chi connectivity index (χ3v) is 3.41. The number of nitrogens with zero attached hydrogens (tertiary/aromatic N) is 2. The van der Waals surface area contributed by atoms with E-state index in [1.165, 1.54) is 0 Å². The maximum absolute atomic E-state index is 5.33. The molecule has 0 unspecified atom stereocenters. The van der Waals surface area contributed by atoms with Crippen molar-refractivity contribution in [2.24, 2.45) is 0 Å². The molecule has 1 N–H and O–H groups in total. The van der Waals surface area contributed by atoms with Gasteiger partial charge in [-0.05, 0) is 44.5 Å². The third-order valence-electron chi connectivity index (χ3n) is 2.88. The van der Waals surface area contributed by atoms with Crippen LogP contribution in [0.3, 0.4) is 0 Å². The lowest BCUT2D eigenvalue weighted by Gasteiger charge is -2.10. The van der Waals surface area contributed by atoms with Crippen molar-refractivity contribution in [3.8, 4) is 5.69 Å². The number of imidazole rings is 1. The van der Waals surface area contributed by atoms with Crippen molar-refractivity contribution in [2.75, 3.05) is 25.1 Å². The number of halogens is 1. The van der Waals surface area contributed by atoms with Gasteiger partial charge in [0.15, 0.2) is 0 Å². The number of nitrogens with one attached hydrogen (secondary N) is 1. The second-order valence-corrected chi connectivity index (χ2v) is 5.45. The van der Waals surface area contributed by atoms with Crippen LogP contribution >= 0.6 is 15.9 Å². The first-order chi connectivity index (χ1) is 9.70. The zero-order valence-corrected chi connectivity index (χ0v) is 13.5. The van der Waals surface area contributed by atoms with Crippen LogP contribution in [0.25, 0.3) is 5.69 Å². The Morgan fingerprint density at radius 3 is 2.75 bits per heavy atom. The summed E-state index contributed by atoms with van der Waals surface area (Å²) < 4.78 is 8.48. The van der Waals surface area contributed by atoms with Gasteiger partial charge < -0.3 is 10.1 Å². The molecule has 0 saturated carbocycles. The molecule has 0 aliphatic heterocycles. The van der Waals surface area contributed by atoms with Crippen LogP contribution in [0.4, 0.5) is 5.95 Å². The Labute approximate surface area is 128 Å². The van der Waals surface area contributed by atoms with E-state index in [1.807, 2.05) is 32.2 Å². The quantitative estimate of drug-likeness (QED) is 0.781. The number of anilines is 1. The number of benzene rings is 1. The van der Waals surface area contributed by atoms with Gasteiger partial charge in [0.25, 0.3) is 0 Å². The van der Waals surface area contributed by atoms with Gasteiger partial charge in [0.1, 0.15) is 0 Å². The van der Waals surface area contributed by atoms with Gasteiger partial charge >= 0.3 is 0 Å². The molecule has 20 heavy (non-hydrogen) atoms. The Bertz CT molecular complexity index is 537. The fourth-order valence-corrected chi connectivity index (χ4v) is 2.20. The molecule has 0 fully saturated rings. The number of ether oxygens (including phenoxy) is 1. The van der Waals surface area contributed by atoms with Crippen LogP contribution in [0.2, 0.25) is 0 Å². The van der Waals surface area contributed by atoms with E-state index in [2.05, 4.69) is 42.9 Å². The van der Waals surface area contributed by atoms with Crippen LogP contribution in [0, 0.1) is 6.92 Å². The van der Waals surface area contributed by atoms with Gasteiger partial charge in [-0.3, -0.25) is 4.57 Å². The first-order valence-corrected chi connectivity index (χ1v) is 7.63. The molecule has 0 saturated heterocycles. The highest BCUT2D eigenvalue weighted by Gasteiger charge is 2.06. The molecule has 0 bridgehead atoms. The summed E-state index contributed by atoms with van der Waals surface area (Å²) in [5, 5.41) is 3.37. The third kappa shape index (κ3) is 4.08. The largest absolute Gasteiger partial charge is 0.382 e. The monoisotopic (exact) mass is 337 g/mol. The van der Waals surface area contributed by atoms with E-state index in [4.69, 9.17) is 4.74 Å². The van der Waals surface area contributed by atoms with E-state index in [-0.39, 0.29) is 0 Å². The van der Waals surface area contributed by atoms with E-state index in [9.17, 15) is 0 Å². The molecule has 0 aliphatic carbocycles. The minimum atomic E-state index is 0.770. The van der Waals surface area contributed by atoms with Gasteiger partial charge in [0, 0.05) is 36.1 Å². The molecule has 1 heterocycles. The Balaban J connectivity index is 2.04. The SMILES string of the molecule is CCOCCCNc1nc(C)cn1-c1ccc(Br)cc1. The summed E-state index contributed by atoms with van der Waals surface area (Å²) >= 11 is 3.45. The van der Waals surface area contributed by atoms with Crippen LogP contribution in [0.5, 0.6) is 0 Å². The molecule has 5 heteroatoms. The Morgan fingerprint density at radius 2 is 2.05 bits per heavy atom. The van der Waals surface area contributed by atoms with Crippen LogP contribution in [0.1, 0.15) is 19.0 Å². The van der Waals surface area contributed by atoms with Crippen molar-refractivity contribution in [1.29, 1.82) is 0 Å². The number of aromatic nitrogens is 2. The molecule has 2 rings (SSSR count). The van der Waals surface area contributed by atoms with Crippen molar-refractivity contribution < 1.29 is 4.74 Å². The molecule has 0 atom stereocenters. The van der Waals surface area contributed by atoms with Crippen molar-refractivity contribution >= 4 is 21.9 Å². The van der Waals surface area contributed by atoms with Crippen LogP contribution in [-0.4, -0.2) is 29.3 Å². The molecular formula is C15H20BrN3O. The van der Waals surface area contributed by atoms with Gasteiger partial charge in [0.2, 0.25) is 5.95 Å². The smallest absolute Gasteiger partial charge is 0.207 e. The molecule has 0 spiro atoms. The maximum atomic E-state index is 5.33. The van der Waals surface area contributed by atoms with Crippen molar-refractivity contribution in [1.82, 2.24) is 9.55 Å². The Kier molecular flexibility index (Phi) is 5.61. The van der Waals surface area contributed by atoms with Crippen LogP contribution in [-0.2, 0) is 4.74 Å². The highest BCUT2D eigenvalue weighted by Crippen LogP contribution is 2.19. The molecule has 1 aromatic carbocycles. The van der Waals surface area contributed by atoms with E-state index < -0.39 is 0 Å². The number of hydrogen-bond acceptors (Lipinski definition) is 3. The predicted octanol–water partition coefficient (Wildman–Crippen LogP) is 3.78. The molecule has 0 amide bonds. The first-order valence-electron chi connectivity index (χ1n) is 6.84. The number of hydrogen-bond donors (Lipinski definition) is 1. The van der Waals surface area contributed by atoms with Gasteiger partial charge in [0.05, 0.1) is 5.69 Å². The Morgan fingerprint density at radius 1 is 1.30 bits per heavy atom. The average Bonchev–Trinajstić information content (AvgIpc) is 2.80. The van der Waals surface area contributed by atoms with Crippen molar-refractivity contribution in [2.45, 2.75) is 20.3 Å². The van der Waals surface area contributed by atoms with Crippen molar-refractivity contribution in [3.63, 3.8) is 0 Å². The van der Waals surface area contributed by atoms with Gasteiger partial charge in [-0.15, -0.1) is 0 Å². The van der Waals surface area contributed by atoms with E-state index in [1.54, 1.807) is 0 Å². The van der Waals surface area contributed by atoms with Gasteiger partial charge in [-0.1, -0.05) is 15.9 Å². The second-order valence-electron chi connectivity index (χ2n) is 4.53. The summed E-state index contributed by atoms with van der Waals surface area (Å²) in [5.74, 6) is 0.876. The molecule has 108 valence electrons. The van der Waals surface area contributed by atoms with Crippen LogP contribution in [0.15, 0.2) is 34.9 Å². The minimum absolute atomic E-state index is 0.770. The van der Waals surface area contributed by atoms with E-state index in [0.717, 1.165) is 48.0 Å². The zero-order valence-electron chi connectivity index (χ0n) is 11.9. The number of aryl methyl sites for hydroxylation is 1. The molecule has 2 aromatic rings. The molecular weight excluding hydrogens is 318 g/mol. The fraction of sp³-hybridized carbons (Fsp3) is 0.400. The van der Waals surface area contributed by atoms with E-state index in [0.29, 0.717) is 0 Å². The number of rotatable bonds is 7. The summed E-state index contributed by atoms with van der Waals surface area (Å²) in [6.45, 7) is 6.42. The molecule has 0 radical (unpaired) electrons. The summed E-state index contributed by atoms with van der Waals surface area (Å²) in [7, 11) is 0. The molecule has 4 nitrogen and oxygen atoms in total. The highest BCUT2D eigenvalue weighted by atomic mass is 79.9. The lowest BCUT2D eigenvalue weighted by molar-refractivity contribution is 0.147. The van der Waals surface area contributed by atoms with E-state index >= 15 is 0 Å². The summed E-state index contributed by atoms with van der Waals surface area (Å²) in [6, 6.07) is 8.19. The lowest BCUT2D eigenvalue weighted by atomic mass is 10.3. The first kappa shape index (κ1) is 15.1.